The van der Waals surface area contributed by atoms with E-state index in [-0.39, 0.29) is 12.0 Å². The molecular weight excluding hydrogens is 436 g/mol. The first-order valence-corrected chi connectivity index (χ1v) is 12.2. The second-order valence-electron chi connectivity index (χ2n) is 8.15. The molecule has 33 heavy (non-hydrogen) atoms. The number of aromatic nitrogens is 3. The fraction of sp³-hybridized carbons (Fsp3) is 0.400. The van der Waals surface area contributed by atoms with E-state index < -0.39 is 0 Å². The van der Waals surface area contributed by atoms with Gasteiger partial charge < -0.3 is 18.9 Å². The predicted molar refractivity (Wildman–Crippen MR) is 128 cm³/mol. The molecule has 0 N–H and O–H groups in total. The van der Waals surface area contributed by atoms with E-state index in [0.717, 1.165) is 41.7 Å². The fourth-order valence-corrected chi connectivity index (χ4v) is 4.80. The molecule has 1 aromatic heterocycles. The van der Waals surface area contributed by atoms with Gasteiger partial charge >= 0.3 is 0 Å². The lowest BCUT2D eigenvalue weighted by Crippen LogP contribution is -2.38. The smallest absolute Gasteiger partial charge is 0.233 e. The van der Waals surface area contributed by atoms with Gasteiger partial charge in [0, 0.05) is 19.7 Å². The molecule has 174 valence electrons. The molecule has 7 nitrogen and oxygen atoms in total. The summed E-state index contributed by atoms with van der Waals surface area (Å²) in [5, 5.41) is 9.31. The molecule has 2 heterocycles. The number of hydrogen-bond donors (Lipinski definition) is 0. The molecule has 1 aliphatic rings. The first-order chi connectivity index (χ1) is 16.1. The summed E-state index contributed by atoms with van der Waals surface area (Å²) >= 11 is 1.43. The van der Waals surface area contributed by atoms with Crippen LogP contribution in [0.2, 0.25) is 0 Å². The van der Waals surface area contributed by atoms with Gasteiger partial charge in [-0.2, -0.15) is 0 Å². The molecule has 1 unspecified atom stereocenters. The SMILES string of the molecule is COc1cccc(CN(CC2CCCO2)C(=O)CSc2nnc(C)n2Cc2ccccc2)c1. The predicted octanol–water partition coefficient (Wildman–Crippen LogP) is 3.94. The molecule has 1 amide bonds. The van der Waals surface area contributed by atoms with Gasteiger partial charge in [-0.05, 0) is 43.0 Å². The highest BCUT2D eigenvalue weighted by Crippen LogP contribution is 2.22. The van der Waals surface area contributed by atoms with Crippen LogP contribution in [0.5, 0.6) is 5.75 Å². The van der Waals surface area contributed by atoms with Gasteiger partial charge in [-0.1, -0.05) is 54.2 Å². The summed E-state index contributed by atoms with van der Waals surface area (Å²) < 4.78 is 13.2. The molecule has 4 rings (SSSR count). The zero-order valence-corrected chi connectivity index (χ0v) is 20.0. The molecule has 0 radical (unpaired) electrons. The Balaban J connectivity index is 1.44. The Kier molecular flexibility index (Phi) is 8.01. The maximum absolute atomic E-state index is 13.3. The average molecular weight is 467 g/mol. The number of nitrogens with zero attached hydrogens (tertiary/aromatic N) is 4. The number of benzene rings is 2. The molecule has 0 aliphatic carbocycles. The van der Waals surface area contributed by atoms with E-state index in [0.29, 0.717) is 25.4 Å². The van der Waals surface area contributed by atoms with Gasteiger partial charge in [-0.15, -0.1) is 10.2 Å². The highest BCUT2D eigenvalue weighted by molar-refractivity contribution is 7.99. The van der Waals surface area contributed by atoms with Crippen molar-refractivity contribution in [3.63, 3.8) is 0 Å². The lowest BCUT2D eigenvalue weighted by Gasteiger charge is -2.25. The monoisotopic (exact) mass is 466 g/mol. The van der Waals surface area contributed by atoms with Gasteiger partial charge in [0.2, 0.25) is 5.91 Å². The third-order valence-electron chi connectivity index (χ3n) is 5.72. The third-order valence-corrected chi connectivity index (χ3v) is 6.67. The van der Waals surface area contributed by atoms with Crippen molar-refractivity contribution in [3.8, 4) is 5.75 Å². The van der Waals surface area contributed by atoms with E-state index in [1.165, 1.54) is 17.3 Å². The van der Waals surface area contributed by atoms with Crippen molar-refractivity contribution in [3.05, 3.63) is 71.5 Å². The van der Waals surface area contributed by atoms with Crippen LogP contribution >= 0.6 is 11.8 Å². The number of thioether (sulfide) groups is 1. The molecule has 1 atom stereocenters. The second-order valence-corrected chi connectivity index (χ2v) is 9.09. The molecule has 0 spiro atoms. The van der Waals surface area contributed by atoms with E-state index in [1.54, 1.807) is 7.11 Å². The summed E-state index contributed by atoms with van der Waals surface area (Å²) in [4.78, 5) is 15.2. The van der Waals surface area contributed by atoms with Crippen LogP contribution in [0.3, 0.4) is 0 Å². The number of methoxy groups -OCH3 is 1. The van der Waals surface area contributed by atoms with Crippen LogP contribution in [0.4, 0.5) is 0 Å². The van der Waals surface area contributed by atoms with Crippen LogP contribution in [-0.2, 0) is 22.6 Å². The molecule has 1 saturated heterocycles. The van der Waals surface area contributed by atoms with E-state index in [9.17, 15) is 4.79 Å². The van der Waals surface area contributed by atoms with E-state index in [1.807, 2.05) is 54.3 Å². The minimum atomic E-state index is 0.0604. The van der Waals surface area contributed by atoms with Crippen LogP contribution in [0.15, 0.2) is 59.8 Å². The lowest BCUT2D eigenvalue weighted by molar-refractivity contribution is -0.130. The summed E-state index contributed by atoms with van der Waals surface area (Å²) in [7, 11) is 1.65. The molecule has 3 aromatic rings. The normalized spacial score (nSPS) is 15.5. The van der Waals surface area contributed by atoms with Crippen LogP contribution in [0.25, 0.3) is 0 Å². The van der Waals surface area contributed by atoms with Crippen molar-refractivity contribution in [1.29, 1.82) is 0 Å². The maximum Gasteiger partial charge on any atom is 0.233 e. The Labute approximate surface area is 199 Å². The Morgan fingerprint density at radius 2 is 2.00 bits per heavy atom. The van der Waals surface area contributed by atoms with E-state index in [4.69, 9.17) is 9.47 Å². The van der Waals surface area contributed by atoms with Crippen molar-refractivity contribution < 1.29 is 14.3 Å². The minimum Gasteiger partial charge on any atom is -0.497 e. The zero-order valence-electron chi connectivity index (χ0n) is 19.1. The van der Waals surface area contributed by atoms with Crippen molar-refractivity contribution in [2.24, 2.45) is 0 Å². The van der Waals surface area contributed by atoms with Crippen molar-refractivity contribution in [2.75, 3.05) is 26.0 Å². The van der Waals surface area contributed by atoms with E-state index >= 15 is 0 Å². The number of aryl methyl sites for hydroxylation is 1. The third kappa shape index (κ3) is 6.36. The number of carbonyl (C=O) groups excluding carboxylic acids is 1. The number of hydrogen-bond acceptors (Lipinski definition) is 6. The Morgan fingerprint density at radius 3 is 2.76 bits per heavy atom. The summed E-state index contributed by atoms with van der Waals surface area (Å²) in [6.07, 6.45) is 2.12. The standard InChI is InChI=1S/C25H30N4O3S/c1-19-26-27-25(29(19)16-20-8-4-3-5-9-20)33-18-24(30)28(17-23-12-7-13-32-23)15-21-10-6-11-22(14-21)31-2/h3-6,8-11,14,23H,7,12-13,15-18H2,1-2H3. The fourth-order valence-electron chi connectivity index (χ4n) is 3.91. The first kappa shape index (κ1) is 23.3. The van der Waals surface area contributed by atoms with Gasteiger partial charge in [-0.25, -0.2) is 0 Å². The maximum atomic E-state index is 13.3. The Bertz CT molecular complexity index is 1050. The van der Waals surface area contributed by atoms with Gasteiger partial charge in [0.05, 0.1) is 25.5 Å². The molecule has 2 aromatic carbocycles. The molecule has 0 bridgehead atoms. The summed E-state index contributed by atoms with van der Waals surface area (Å²) in [6.45, 7) is 4.50. The second kappa shape index (κ2) is 11.3. The molecule has 8 heteroatoms. The number of ether oxygens (including phenoxy) is 2. The topological polar surface area (TPSA) is 69.5 Å². The summed E-state index contributed by atoms with van der Waals surface area (Å²) in [6, 6.07) is 18.1. The quantitative estimate of drug-likeness (QED) is 0.422. The number of carbonyl (C=O) groups is 1. The molecule has 1 fully saturated rings. The molecule has 1 aliphatic heterocycles. The first-order valence-electron chi connectivity index (χ1n) is 11.2. The van der Waals surface area contributed by atoms with Gasteiger partial charge in [0.15, 0.2) is 5.16 Å². The number of amides is 1. The zero-order chi connectivity index (χ0) is 23.0. The van der Waals surface area contributed by atoms with E-state index in [2.05, 4.69) is 26.9 Å². The van der Waals surface area contributed by atoms with Crippen LogP contribution in [-0.4, -0.2) is 57.7 Å². The van der Waals surface area contributed by atoms with Crippen LogP contribution < -0.4 is 4.74 Å². The average Bonchev–Trinajstić information content (AvgIpc) is 3.48. The molecule has 0 saturated carbocycles. The van der Waals surface area contributed by atoms with Gasteiger partial charge in [-0.3, -0.25) is 4.79 Å². The minimum absolute atomic E-state index is 0.0604. The summed E-state index contributed by atoms with van der Waals surface area (Å²) in [5.74, 6) is 1.98. The Hall–Kier alpha value is -2.84. The van der Waals surface area contributed by atoms with Gasteiger partial charge in [0.1, 0.15) is 11.6 Å². The summed E-state index contributed by atoms with van der Waals surface area (Å²) in [5.41, 5.74) is 2.21. The van der Waals surface area contributed by atoms with Crippen molar-refractivity contribution in [1.82, 2.24) is 19.7 Å². The highest BCUT2D eigenvalue weighted by Gasteiger charge is 2.24. The highest BCUT2D eigenvalue weighted by atomic mass is 32.2. The van der Waals surface area contributed by atoms with Crippen molar-refractivity contribution in [2.45, 2.75) is 44.1 Å². The van der Waals surface area contributed by atoms with Crippen molar-refractivity contribution >= 4 is 17.7 Å². The van der Waals surface area contributed by atoms with Crippen LogP contribution in [0.1, 0.15) is 29.8 Å². The van der Waals surface area contributed by atoms with Gasteiger partial charge in [0.25, 0.3) is 0 Å². The number of rotatable bonds is 10. The largest absolute Gasteiger partial charge is 0.497 e. The lowest BCUT2D eigenvalue weighted by atomic mass is 10.1. The Morgan fingerprint density at radius 1 is 1.18 bits per heavy atom. The molecular formula is C25H30N4O3S. The van der Waals surface area contributed by atoms with Crippen LogP contribution in [0, 0.1) is 6.92 Å².